The van der Waals surface area contributed by atoms with Gasteiger partial charge in [0, 0.05) is 11.1 Å². The molecule has 2 unspecified atom stereocenters. The van der Waals surface area contributed by atoms with Crippen LogP contribution in [-0.2, 0) is 0 Å². The molecule has 0 radical (unpaired) electrons. The van der Waals surface area contributed by atoms with E-state index in [1.807, 2.05) is 12.1 Å². The molecule has 2 atom stereocenters. The van der Waals surface area contributed by atoms with Crippen molar-refractivity contribution < 1.29 is 0 Å². The van der Waals surface area contributed by atoms with Crippen molar-refractivity contribution in [3.05, 3.63) is 34.9 Å². The molecule has 0 aliphatic heterocycles. The van der Waals surface area contributed by atoms with Crippen molar-refractivity contribution in [1.29, 1.82) is 0 Å². The van der Waals surface area contributed by atoms with Gasteiger partial charge in [0.1, 0.15) is 0 Å². The van der Waals surface area contributed by atoms with Gasteiger partial charge in [-0.25, -0.2) is 0 Å². The smallest absolute Gasteiger partial charge is 0.0406 e. The zero-order valence-corrected chi connectivity index (χ0v) is 11.9. The van der Waals surface area contributed by atoms with Crippen LogP contribution in [-0.4, -0.2) is 12.6 Å². The van der Waals surface area contributed by atoms with E-state index < -0.39 is 0 Å². The van der Waals surface area contributed by atoms with Gasteiger partial charge in [-0.2, -0.15) is 0 Å². The molecule has 0 bridgehead atoms. The number of halogens is 1. The van der Waals surface area contributed by atoms with Gasteiger partial charge < -0.3 is 5.32 Å². The SMILES string of the molecule is CC(C)NCC1C(c2ccc(Cl)cc2)C1(C)C. The van der Waals surface area contributed by atoms with Gasteiger partial charge in [-0.05, 0) is 41.5 Å². The molecular formula is C15H22ClN. The van der Waals surface area contributed by atoms with E-state index in [1.54, 1.807) is 0 Å². The monoisotopic (exact) mass is 251 g/mol. The second-order valence-electron chi connectivity index (χ2n) is 6.02. The van der Waals surface area contributed by atoms with Gasteiger partial charge in [0.15, 0.2) is 0 Å². The molecule has 0 aromatic heterocycles. The molecule has 17 heavy (non-hydrogen) atoms. The summed E-state index contributed by atoms with van der Waals surface area (Å²) in [6.07, 6.45) is 0. The van der Waals surface area contributed by atoms with Gasteiger partial charge in [0.2, 0.25) is 0 Å². The van der Waals surface area contributed by atoms with E-state index in [-0.39, 0.29) is 0 Å². The molecule has 0 saturated heterocycles. The van der Waals surface area contributed by atoms with Crippen LogP contribution < -0.4 is 5.32 Å². The Kier molecular flexibility index (Phi) is 3.51. The average Bonchev–Trinajstić information content (AvgIpc) is 2.79. The Hall–Kier alpha value is -0.530. The Bertz CT molecular complexity index is 380. The highest BCUT2D eigenvalue weighted by Gasteiger charge is 2.57. The molecule has 0 heterocycles. The summed E-state index contributed by atoms with van der Waals surface area (Å²) >= 11 is 5.93. The van der Waals surface area contributed by atoms with E-state index in [0.29, 0.717) is 17.4 Å². The van der Waals surface area contributed by atoms with Crippen LogP contribution in [0.15, 0.2) is 24.3 Å². The van der Waals surface area contributed by atoms with Crippen molar-refractivity contribution in [2.45, 2.75) is 39.7 Å². The number of hydrogen-bond donors (Lipinski definition) is 1. The van der Waals surface area contributed by atoms with Crippen molar-refractivity contribution in [1.82, 2.24) is 5.32 Å². The number of benzene rings is 1. The zero-order chi connectivity index (χ0) is 12.6. The maximum Gasteiger partial charge on any atom is 0.0406 e. The third-order valence-electron chi connectivity index (χ3n) is 4.03. The number of rotatable bonds is 4. The summed E-state index contributed by atoms with van der Waals surface area (Å²) < 4.78 is 0. The van der Waals surface area contributed by atoms with Crippen molar-refractivity contribution in [3.8, 4) is 0 Å². The van der Waals surface area contributed by atoms with Crippen LogP contribution in [0.2, 0.25) is 5.02 Å². The molecule has 1 aromatic rings. The lowest BCUT2D eigenvalue weighted by Gasteiger charge is -2.08. The van der Waals surface area contributed by atoms with Gasteiger partial charge in [-0.15, -0.1) is 0 Å². The summed E-state index contributed by atoms with van der Waals surface area (Å²) in [7, 11) is 0. The molecule has 0 spiro atoms. The largest absolute Gasteiger partial charge is 0.314 e. The summed E-state index contributed by atoms with van der Waals surface area (Å²) in [6.45, 7) is 10.2. The van der Waals surface area contributed by atoms with Gasteiger partial charge in [-0.1, -0.05) is 51.4 Å². The Morgan fingerprint density at radius 2 is 1.82 bits per heavy atom. The van der Waals surface area contributed by atoms with Crippen LogP contribution in [0.1, 0.15) is 39.2 Å². The molecule has 1 fully saturated rings. The molecule has 1 aromatic carbocycles. The van der Waals surface area contributed by atoms with Crippen LogP contribution >= 0.6 is 11.6 Å². The second-order valence-corrected chi connectivity index (χ2v) is 6.46. The predicted octanol–water partition coefficient (Wildman–Crippen LogP) is 4.08. The first-order chi connectivity index (χ1) is 7.93. The van der Waals surface area contributed by atoms with E-state index in [4.69, 9.17) is 11.6 Å². The highest BCUT2D eigenvalue weighted by atomic mass is 35.5. The maximum absolute atomic E-state index is 5.93. The van der Waals surface area contributed by atoms with Crippen molar-refractivity contribution >= 4 is 11.6 Å². The molecule has 1 nitrogen and oxygen atoms in total. The molecule has 1 saturated carbocycles. The molecule has 2 rings (SSSR count). The van der Waals surface area contributed by atoms with E-state index in [0.717, 1.165) is 17.5 Å². The summed E-state index contributed by atoms with van der Waals surface area (Å²) in [5.41, 5.74) is 1.84. The van der Waals surface area contributed by atoms with Gasteiger partial charge >= 0.3 is 0 Å². The topological polar surface area (TPSA) is 12.0 Å². The van der Waals surface area contributed by atoms with Crippen LogP contribution in [0, 0.1) is 11.3 Å². The first-order valence-electron chi connectivity index (χ1n) is 6.41. The molecule has 94 valence electrons. The summed E-state index contributed by atoms with van der Waals surface area (Å²) in [6, 6.07) is 8.90. The van der Waals surface area contributed by atoms with E-state index in [2.05, 4.69) is 45.1 Å². The zero-order valence-electron chi connectivity index (χ0n) is 11.1. The van der Waals surface area contributed by atoms with E-state index >= 15 is 0 Å². The summed E-state index contributed by atoms with van der Waals surface area (Å²) in [5, 5.41) is 4.37. The van der Waals surface area contributed by atoms with Crippen LogP contribution in [0.4, 0.5) is 0 Å². The predicted molar refractivity (Wildman–Crippen MR) is 74.6 cm³/mol. The number of nitrogens with one attached hydrogen (secondary N) is 1. The van der Waals surface area contributed by atoms with Gasteiger partial charge in [-0.3, -0.25) is 0 Å². The second kappa shape index (κ2) is 4.62. The highest BCUT2D eigenvalue weighted by molar-refractivity contribution is 6.30. The quantitative estimate of drug-likeness (QED) is 0.850. The lowest BCUT2D eigenvalue weighted by atomic mass is 10.0. The van der Waals surface area contributed by atoms with Crippen LogP contribution in [0.25, 0.3) is 0 Å². The van der Waals surface area contributed by atoms with Crippen molar-refractivity contribution in [2.75, 3.05) is 6.54 Å². The minimum absolute atomic E-state index is 0.412. The average molecular weight is 252 g/mol. The van der Waals surface area contributed by atoms with Crippen molar-refractivity contribution in [3.63, 3.8) is 0 Å². The van der Waals surface area contributed by atoms with E-state index in [9.17, 15) is 0 Å². The Morgan fingerprint density at radius 1 is 1.24 bits per heavy atom. The third kappa shape index (κ3) is 2.66. The molecular weight excluding hydrogens is 230 g/mol. The fourth-order valence-electron chi connectivity index (χ4n) is 2.82. The van der Waals surface area contributed by atoms with Crippen molar-refractivity contribution in [2.24, 2.45) is 11.3 Å². The lowest BCUT2D eigenvalue weighted by Crippen LogP contribution is -2.26. The van der Waals surface area contributed by atoms with E-state index in [1.165, 1.54) is 5.56 Å². The first-order valence-corrected chi connectivity index (χ1v) is 6.79. The molecule has 1 N–H and O–H groups in total. The first kappa shape index (κ1) is 12.9. The fourth-order valence-corrected chi connectivity index (χ4v) is 2.95. The van der Waals surface area contributed by atoms with Crippen LogP contribution in [0.3, 0.4) is 0 Å². The molecule has 1 aliphatic rings. The summed E-state index contributed by atoms with van der Waals surface area (Å²) in [4.78, 5) is 0. The Labute approximate surface area is 110 Å². The highest BCUT2D eigenvalue weighted by Crippen LogP contribution is 2.64. The summed E-state index contributed by atoms with van der Waals surface area (Å²) in [5.74, 6) is 1.41. The molecule has 0 amide bonds. The van der Waals surface area contributed by atoms with Crippen LogP contribution in [0.5, 0.6) is 0 Å². The standard InChI is InChI=1S/C15H22ClN/c1-10(2)17-9-13-14(15(13,3)4)11-5-7-12(16)8-6-11/h5-8,10,13-14,17H,9H2,1-4H3. The Morgan fingerprint density at radius 3 is 2.35 bits per heavy atom. The number of hydrogen-bond acceptors (Lipinski definition) is 1. The Balaban J connectivity index is 2.05. The molecule has 1 aliphatic carbocycles. The fraction of sp³-hybridized carbons (Fsp3) is 0.600. The minimum Gasteiger partial charge on any atom is -0.314 e. The van der Waals surface area contributed by atoms with Gasteiger partial charge in [0.25, 0.3) is 0 Å². The normalized spacial score (nSPS) is 26.2. The third-order valence-corrected chi connectivity index (χ3v) is 4.28. The maximum atomic E-state index is 5.93. The minimum atomic E-state index is 0.412. The van der Waals surface area contributed by atoms with Gasteiger partial charge in [0.05, 0.1) is 0 Å². The lowest BCUT2D eigenvalue weighted by molar-refractivity contribution is 0.491. The molecule has 2 heteroatoms.